The Bertz CT molecular complexity index is 1350. The second-order valence-corrected chi connectivity index (χ2v) is 9.57. The molecule has 3 aromatic rings. The first-order valence-electron chi connectivity index (χ1n) is 10.4. The van der Waals surface area contributed by atoms with Crippen molar-refractivity contribution in [3.63, 3.8) is 0 Å². The smallest absolute Gasteiger partial charge is 0.264 e. The van der Waals surface area contributed by atoms with Crippen LogP contribution in [0.1, 0.15) is 15.9 Å². The molecule has 0 radical (unpaired) electrons. The molecule has 3 aromatic carbocycles. The van der Waals surface area contributed by atoms with Gasteiger partial charge in [-0.2, -0.15) is 5.26 Å². The van der Waals surface area contributed by atoms with Gasteiger partial charge in [0.25, 0.3) is 15.9 Å². The van der Waals surface area contributed by atoms with Gasteiger partial charge < -0.3 is 15.0 Å². The zero-order valence-corrected chi connectivity index (χ0v) is 19.6. The molecule has 0 saturated carbocycles. The fraction of sp³-hybridized carbons (Fsp3) is 0.167. The highest BCUT2D eigenvalue weighted by Gasteiger charge is 2.25. The number of anilines is 3. The van der Waals surface area contributed by atoms with Crippen LogP contribution in [0.3, 0.4) is 0 Å². The molecule has 4 rings (SSSR count). The Balaban J connectivity index is 1.68. The number of benzene rings is 3. The first-order chi connectivity index (χ1) is 16.4. The number of nitrogens with one attached hydrogen (secondary N) is 2. The van der Waals surface area contributed by atoms with Crippen LogP contribution in [0.5, 0.6) is 0 Å². The predicted molar refractivity (Wildman–Crippen MR) is 131 cm³/mol. The lowest BCUT2D eigenvalue weighted by atomic mass is 10.1. The van der Waals surface area contributed by atoms with E-state index in [0.717, 1.165) is 0 Å². The van der Waals surface area contributed by atoms with E-state index >= 15 is 0 Å². The van der Waals surface area contributed by atoms with Gasteiger partial charge in [-0.05, 0) is 54.6 Å². The average molecular weight is 497 g/mol. The van der Waals surface area contributed by atoms with E-state index in [2.05, 4.69) is 10.0 Å². The van der Waals surface area contributed by atoms with Crippen molar-refractivity contribution in [3.05, 3.63) is 82.9 Å². The van der Waals surface area contributed by atoms with Crippen LogP contribution in [0.2, 0.25) is 5.02 Å². The van der Waals surface area contributed by atoms with Gasteiger partial charge in [0.15, 0.2) is 0 Å². The van der Waals surface area contributed by atoms with Crippen LogP contribution in [-0.2, 0) is 14.8 Å². The number of sulfonamides is 1. The SMILES string of the molecule is N#Cc1ccc(C(=O)Nc2ccc(N3CCOCC3)c(S(=O)(=O)Nc3ccccc3Cl)c2)cc1. The van der Waals surface area contributed by atoms with Gasteiger partial charge in [-0.3, -0.25) is 9.52 Å². The van der Waals surface area contributed by atoms with Crippen molar-refractivity contribution in [2.45, 2.75) is 4.90 Å². The molecule has 0 bridgehead atoms. The van der Waals surface area contributed by atoms with Gasteiger partial charge in [0, 0.05) is 24.3 Å². The minimum atomic E-state index is -4.05. The van der Waals surface area contributed by atoms with Crippen molar-refractivity contribution in [3.8, 4) is 6.07 Å². The van der Waals surface area contributed by atoms with Crippen molar-refractivity contribution in [2.24, 2.45) is 0 Å². The minimum Gasteiger partial charge on any atom is -0.378 e. The third-order valence-electron chi connectivity index (χ3n) is 5.25. The van der Waals surface area contributed by atoms with Crippen LogP contribution in [0.4, 0.5) is 17.1 Å². The molecule has 1 amide bonds. The molecule has 2 N–H and O–H groups in total. The topological polar surface area (TPSA) is 112 Å². The highest BCUT2D eigenvalue weighted by molar-refractivity contribution is 7.93. The monoisotopic (exact) mass is 496 g/mol. The summed E-state index contributed by atoms with van der Waals surface area (Å²) >= 11 is 6.16. The maximum Gasteiger partial charge on any atom is 0.264 e. The lowest BCUT2D eigenvalue weighted by Crippen LogP contribution is -2.37. The molecule has 0 aromatic heterocycles. The average Bonchev–Trinajstić information content (AvgIpc) is 2.86. The zero-order chi connectivity index (χ0) is 24.1. The normalized spacial score (nSPS) is 13.7. The fourth-order valence-electron chi connectivity index (χ4n) is 3.52. The summed E-state index contributed by atoms with van der Waals surface area (Å²) in [5.41, 5.74) is 1.84. The Labute approximate surface area is 202 Å². The van der Waals surface area contributed by atoms with Crippen LogP contribution in [-0.4, -0.2) is 40.6 Å². The summed E-state index contributed by atoms with van der Waals surface area (Å²) < 4.78 is 34.8. The van der Waals surface area contributed by atoms with Crippen molar-refractivity contribution in [2.75, 3.05) is 41.2 Å². The van der Waals surface area contributed by atoms with Crippen LogP contribution < -0.4 is 14.9 Å². The number of hydrogen-bond acceptors (Lipinski definition) is 6. The van der Waals surface area contributed by atoms with Crippen molar-refractivity contribution < 1.29 is 17.9 Å². The van der Waals surface area contributed by atoms with E-state index < -0.39 is 15.9 Å². The third-order valence-corrected chi connectivity index (χ3v) is 6.98. The molecule has 34 heavy (non-hydrogen) atoms. The number of nitrogens with zero attached hydrogens (tertiary/aromatic N) is 2. The number of halogens is 1. The molecule has 0 spiro atoms. The van der Waals surface area contributed by atoms with Crippen LogP contribution >= 0.6 is 11.6 Å². The van der Waals surface area contributed by atoms with Gasteiger partial charge in [-0.25, -0.2) is 8.42 Å². The molecular formula is C24H21ClN4O4S. The molecule has 1 aliphatic heterocycles. The molecule has 0 unspecified atom stereocenters. The Hall–Kier alpha value is -3.58. The highest BCUT2D eigenvalue weighted by atomic mass is 35.5. The van der Waals surface area contributed by atoms with E-state index in [4.69, 9.17) is 21.6 Å². The first kappa shape index (κ1) is 23.6. The number of hydrogen-bond donors (Lipinski definition) is 2. The standard InChI is InChI=1S/C24H21ClN4O4S/c25-20-3-1-2-4-21(20)28-34(31,32)23-15-19(9-10-22(23)29-11-13-33-14-12-29)27-24(30)18-7-5-17(16-26)6-8-18/h1-10,15,28H,11-14H2,(H,27,30). The van der Waals surface area contributed by atoms with E-state index in [9.17, 15) is 13.2 Å². The van der Waals surface area contributed by atoms with E-state index in [1.807, 2.05) is 11.0 Å². The second kappa shape index (κ2) is 10.1. The number of carbonyl (C=O) groups excluding carboxylic acids is 1. The minimum absolute atomic E-state index is 0.00643. The van der Waals surface area contributed by atoms with Gasteiger partial charge in [-0.1, -0.05) is 23.7 Å². The number of nitriles is 1. The van der Waals surface area contributed by atoms with E-state index in [0.29, 0.717) is 48.8 Å². The number of ether oxygens (including phenoxy) is 1. The number of rotatable bonds is 6. The molecular weight excluding hydrogens is 476 g/mol. The largest absolute Gasteiger partial charge is 0.378 e. The van der Waals surface area contributed by atoms with Crippen LogP contribution in [0.25, 0.3) is 0 Å². The van der Waals surface area contributed by atoms with Crippen molar-refractivity contribution in [1.82, 2.24) is 0 Å². The quantitative estimate of drug-likeness (QED) is 0.531. The van der Waals surface area contributed by atoms with Gasteiger partial charge >= 0.3 is 0 Å². The molecule has 0 atom stereocenters. The van der Waals surface area contributed by atoms with E-state index in [-0.39, 0.29) is 15.6 Å². The lowest BCUT2D eigenvalue weighted by molar-refractivity contribution is 0.102. The Morgan fingerprint density at radius 2 is 1.74 bits per heavy atom. The second-order valence-electron chi connectivity index (χ2n) is 7.51. The van der Waals surface area contributed by atoms with Crippen molar-refractivity contribution >= 4 is 44.6 Å². The highest BCUT2D eigenvalue weighted by Crippen LogP contribution is 2.32. The summed E-state index contributed by atoms with van der Waals surface area (Å²) in [5, 5.41) is 11.9. The summed E-state index contributed by atoms with van der Waals surface area (Å²) in [5.74, 6) is -0.425. The van der Waals surface area contributed by atoms with Crippen LogP contribution in [0.15, 0.2) is 71.6 Å². The first-order valence-corrected chi connectivity index (χ1v) is 12.3. The maximum absolute atomic E-state index is 13.4. The number of morpholine rings is 1. The van der Waals surface area contributed by atoms with Gasteiger partial charge in [0.2, 0.25) is 0 Å². The zero-order valence-electron chi connectivity index (χ0n) is 18.0. The number of amides is 1. The fourth-order valence-corrected chi connectivity index (χ4v) is 5.09. The van der Waals surface area contributed by atoms with Crippen LogP contribution in [0, 0.1) is 11.3 Å². The Morgan fingerprint density at radius 1 is 1.03 bits per heavy atom. The van der Waals surface area contributed by atoms with Gasteiger partial charge in [0.1, 0.15) is 4.90 Å². The number of para-hydroxylation sites is 1. The number of carbonyl (C=O) groups is 1. The van der Waals surface area contributed by atoms with Gasteiger partial charge in [-0.15, -0.1) is 0 Å². The molecule has 174 valence electrons. The molecule has 0 aliphatic carbocycles. The van der Waals surface area contributed by atoms with Gasteiger partial charge in [0.05, 0.1) is 41.2 Å². The lowest BCUT2D eigenvalue weighted by Gasteiger charge is -2.30. The van der Waals surface area contributed by atoms with E-state index in [1.54, 1.807) is 48.5 Å². The molecule has 1 fully saturated rings. The summed E-state index contributed by atoms with van der Waals surface area (Å²) in [6, 6.07) is 19.5. The maximum atomic E-state index is 13.4. The Morgan fingerprint density at radius 3 is 2.41 bits per heavy atom. The Kier molecular flexibility index (Phi) is 7.03. The molecule has 1 heterocycles. The molecule has 1 saturated heterocycles. The summed E-state index contributed by atoms with van der Waals surface area (Å²) in [4.78, 5) is 14.6. The predicted octanol–water partition coefficient (Wildman–Crippen LogP) is 4.10. The molecule has 1 aliphatic rings. The molecule has 10 heteroatoms. The summed E-state index contributed by atoms with van der Waals surface area (Å²) in [6.07, 6.45) is 0. The molecule has 8 nitrogen and oxygen atoms in total. The summed E-state index contributed by atoms with van der Waals surface area (Å²) in [6.45, 7) is 2.03. The van der Waals surface area contributed by atoms with E-state index in [1.165, 1.54) is 18.2 Å². The third kappa shape index (κ3) is 5.31. The van der Waals surface area contributed by atoms with Crippen molar-refractivity contribution in [1.29, 1.82) is 5.26 Å². The summed E-state index contributed by atoms with van der Waals surface area (Å²) in [7, 11) is -4.05.